The van der Waals surface area contributed by atoms with Crippen molar-refractivity contribution in [2.24, 2.45) is 34.0 Å². The topological polar surface area (TPSA) is 129 Å². The first-order valence-corrected chi connectivity index (χ1v) is 14.3. The summed E-state index contributed by atoms with van der Waals surface area (Å²) in [5.41, 5.74) is -3.02. The molecule has 0 aromatic carbocycles. The number of cyclic esters (lactones) is 1. The van der Waals surface area contributed by atoms with E-state index in [1.54, 1.807) is 51.5 Å². The van der Waals surface area contributed by atoms with Gasteiger partial charge in [-0.15, -0.1) is 0 Å². The molecular formula is C32H40O9. The molecule has 1 unspecified atom stereocenters. The minimum Gasteiger partial charge on any atom is -0.472 e. The van der Waals surface area contributed by atoms with Crippen LogP contribution in [-0.4, -0.2) is 47.6 Å². The molecule has 9 nitrogen and oxygen atoms in total. The largest absolute Gasteiger partial charge is 0.472 e. The van der Waals surface area contributed by atoms with E-state index in [1.807, 2.05) is 13.8 Å². The fraction of sp³-hybridized carbons (Fsp3) is 0.625. The quantitative estimate of drug-likeness (QED) is 0.234. The van der Waals surface area contributed by atoms with Gasteiger partial charge in [0, 0.05) is 40.2 Å². The van der Waals surface area contributed by atoms with Crippen LogP contribution in [-0.2, 0) is 33.4 Å². The van der Waals surface area contributed by atoms with Gasteiger partial charge in [-0.3, -0.25) is 14.4 Å². The number of hydrogen-bond acceptors (Lipinski definition) is 9. The lowest BCUT2D eigenvalue weighted by molar-refractivity contribution is -0.231. The van der Waals surface area contributed by atoms with E-state index in [1.165, 1.54) is 7.11 Å². The van der Waals surface area contributed by atoms with Crippen molar-refractivity contribution in [2.45, 2.75) is 85.0 Å². The van der Waals surface area contributed by atoms with Crippen LogP contribution in [0.2, 0.25) is 0 Å². The highest BCUT2D eigenvalue weighted by Crippen LogP contribution is 2.69. The molecule has 3 fully saturated rings. The Balaban J connectivity index is 1.71. The number of methoxy groups -OCH3 is 1. The second-order valence-electron chi connectivity index (χ2n) is 13.3. The smallest absolute Gasteiger partial charge is 0.333 e. The van der Waals surface area contributed by atoms with Crippen molar-refractivity contribution < 1.29 is 42.9 Å². The number of carbonyl (C=O) groups excluding carboxylic acids is 4. The highest BCUT2D eigenvalue weighted by Gasteiger charge is 2.74. The van der Waals surface area contributed by atoms with E-state index in [-0.39, 0.29) is 24.7 Å². The normalized spacial score (nSPS) is 39.6. The molecule has 4 aliphatic rings. The summed E-state index contributed by atoms with van der Waals surface area (Å²) >= 11 is 0. The fourth-order valence-corrected chi connectivity index (χ4v) is 8.70. The second-order valence-corrected chi connectivity index (χ2v) is 13.3. The monoisotopic (exact) mass is 568 g/mol. The maximum Gasteiger partial charge on any atom is 0.333 e. The first-order valence-electron chi connectivity index (χ1n) is 14.3. The second kappa shape index (κ2) is 9.68. The number of ether oxygens (including phenoxy) is 3. The lowest BCUT2D eigenvalue weighted by Gasteiger charge is -2.66. The van der Waals surface area contributed by atoms with Gasteiger partial charge in [-0.05, 0) is 56.6 Å². The number of carbonyl (C=O) groups is 4. The Labute approximate surface area is 240 Å². The van der Waals surface area contributed by atoms with Crippen molar-refractivity contribution >= 4 is 23.7 Å². The molecule has 0 radical (unpaired) electrons. The van der Waals surface area contributed by atoms with Gasteiger partial charge in [0.2, 0.25) is 0 Å². The van der Waals surface area contributed by atoms with Crippen LogP contribution in [0.5, 0.6) is 0 Å². The summed E-state index contributed by atoms with van der Waals surface area (Å²) in [6.45, 7) is 10.8. The van der Waals surface area contributed by atoms with E-state index in [0.29, 0.717) is 18.4 Å². The molecule has 3 aliphatic carbocycles. The van der Waals surface area contributed by atoms with E-state index < -0.39 is 63.6 Å². The van der Waals surface area contributed by atoms with Crippen molar-refractivity contribution in [3.8, 4) is 0 Å². The van der Waals surface area contributed by atoms with Gasteiger partial charge in [-0.2, -0.15) is 0 Å². The minimum absolute atomic E-state index is 0.0957. The summed E-state index contributed by atoms with van der Waals surface area (Å²) in [5, 5.41) is 12.3. The zero-order valence-corrected chi connectivity index (χ0v) is 24.8. The molecule has 1 N–H and O–H groups in total. The summed E-state index contributed by atoms with van der Waals surface area (Å²) < 4.78 is 22.3. The van der Waals surface area contributed by atoms with Crippen molar-refractivity contribution in [3.05, 3.63) is 47.5 Å². The van der Waals surface area contributed by atoms with E-state index >= 15 is 0 Å². The first kappa shape index (κ1) is 29.3. The predicted molar refractivity (Wildman–Crippen MR) is 146 cm³/mol. The molecule has 2 saturated carbocycles. The predicted octanol–water partition coefficient (Wildman–Crippen LogP) is 4.64. The van der Waals surface area contributed by atoms with Gasteiger partial charge in [0.05, 0.1) is 19.6 Å². The average molecular weight is 569 g/mol. The lowest BCUT2D eigenvalue weighted by Crippen LogP contribution is -2.74. The fourth-order valence-electron chi connectivity index (χ4n) is 8.70. The molecule has 1 aromatic rings. The zero-order valence-electron chi connectivity index (χ0n) is 24.8. The van der Waals surface area contributed by atoms with E-state index in [0.717, 1.165) is 11.1 Å². The summed E-state index contributed by atoms with van der Waals surface area (Å²) in [4.78, 5) is 53.7. The third-order valence-corrected chi connectivity index (χ3v) is 10.9. The summed E-state index contributed by atoms with van der Waals surface area (Å²) in [6.07, 6.45) is 5.65. The summed E-state index contributed by atoms with van der Waals surface area (Å²) in [5.74, 6) is -3.48. The minimum atomic E-state index is -2.10. The van der Waals surface area contributed by atoms with Crippen LogP contribution < -0.4 is 0 Å². The van der Waals surface area contributed by atoms with Crippen LogP contribution in [0.15, 0.2) is 46.3 Å². The molecule has 41 heavy (non-hydrogen) atoms. The van der Waals surface area contributed by atoms with Gasteiger partial charge >= 0.3 is 17.9 Å². The number of aliphatic hydroxyl groups is 1. The van der Waals surface area contributed by atoms with Crippen LogP contribution in [0.3, 0.4) is 0 Å². The van der Waals surface area contributed by atoms with Gasteiger partial charge in [0.15, 0.2) is 11.4 Å². The maximum absolute atomic E-state index is 14.7. The van der Waals surface area contributed by atoms with Crippen LogP contribution in [0, 0.1) is 34.0 Å². The Morgan fingerprint density at radius 2 is 1.90 bits per heavy atom. The van der Waals surface area contributed by atoms with Crippen molar-refractivity contribution in [3.63, 3.8) is 0 Å². The number of rotatable bonds is 5. The van der Waals surface area contributed by atoms with Crippen LogP contribution in [0.1, 0.15) is 78.9 Å². The van der Waals surface area contributed by atoms with Gasteiger partial charge in [0.25, 0.3) is 0 Å². The van der Waals surface area contributed by atoms with Crippen molar-refractivity contribution in [2.75, 3.05) is 7.11 Å². The Morgan fingerprint density at radius 3 is 2.51 bits per heavy atom. The molecule has 9 heteroatoms. The van der Waals surface area contributed by atoms with E-state index in [9.17, 15) is 24.3 Å². The Bertz CT molecular complexity index is 1340. The molecule has 1 aliphatic heterocycles. The molecule has 222 valence electrons. The molecule has 1 saturated heterocycles. The Kier molecular flexibility index (Phi) is 6.92. The Hall–Kier alpha value is -3.20. The summed E-state index contributed by atoms with van der Waals surface area (Å²) in [6, 6.07) is 1.79. The lowest BCUT2D eigenvalue weighted by atomic mass is 9.38. The maximum atomic E-state index is 14.7. The van der Waals surface area contributed by atoms with Gasteiger partial charge in [-0.1, -0.05) is 39.3 Å². The van der Waals surface area contributed by atoms with E-state index in [2.05, 4.69) is 6.92 Å². The first-order chi connectivity index (χ1) is 19.2. The molecule has 5 rings (SSSR count). The SMILES string of the molecule is C/C=C(\C)C(=O)O[C@H]1C(C)(C)[C@@H](CC(=O)OC)[C@@]2(C)C(=O)[C@@]1(O)C=C1CC[C@@]3(C)[C@H](c4ccoc4)OC(=O)C[C@H]3C12. The zero-order chi connectivity index (χ0) is 30.1. The molecule has 2 heterocycles. The van der Waals surface area contributed by atoms with Crippen LogP contribution >= 0.6 is 0 Å². The number of allylic oxidation sites excluding steroid dienone is 2. The van der Waals surface area contributed by atoms with Gasteiger partial charge in [-0.25, -0.2) is 4.79 Å². The van der Waals surface area contributed by atoms with Crippen molar-refractivity contribution in [1.82, 2.24) is 0 Å². The molecule has 1 aromatic heterocycles. The number of furan rings is 1. The molecule has 8 atom stereocenters. The van der Waals surface area contributed by atoms with Crippen LogP contribution in [0.4, 0.5) is 0 Å². The number of ketones is 1. The highest BCUT2D eigenvalue weighted by atomic mass is 16.6. The van der Waals surface area contributed by atoms with Crippen LogP contribution in [0.25, 0.3) is 0 Å². The van der Waals surface area contributed by atoms with Gasteiger partial charge in [0.1, 0.15) is 12.2 Å². The third-order valence-electron chi connectivity index (χ3n) is 10.9. The molecule has 0 spiro atoms. The molecular weight excluding hydrogens is 528 g/mol. The molecule has 2 bridgehead atoms. The standard InChI is InChI=1S/C32H40O9/c1-8-17(2)26(35)41-28-29(3,4)21(14-22(33)38-7)31(6)24-18(15-32(28,37)27(31)36)9-11-30(5)20(24)13-23(34)40-25(30)19-10-12-39-16-19/h8,10,12,15-16,20-21,24-25,28,37H,9,11,13-14H2,1-7H3/b17-8+/t20-,21+,24?,25-,28-,30+,31+,32-/m0/s1. The Morgan fingerprint density at radius 1 is 1.20 bits per heavy atom. The number of esters is 3. The van der Waals surface area contributed by atoms with Gasteiger partial charge < -0.3 is 23.7 Å². The molecule has 0 amide bonds. The summed E-state index contributed by atoms with van der Waals surface area (Å²) in [7, 11) is 1.29. The average Bonchev–Trinajstić information content (AvgIpc) is 3.46. The number of fused-ring (bicyclic) bond motifs is 6. The highest BCUT2D eigenvalue weighted by molar-refractivity contribution is 5.99. The van der Waals surface area contributed by atoms with Crippen molar-refractivity contribution in [1.29, 1.82) is 0 Å². The third kappa shape index (κ3) is 4.06. The number of hydrogen-bond donors (Lipinski definition) is 1. The van der Waals surface area contributed by atoms with E-state index in [4.69, 9.17) is 18.6 Å². The number of Topliss-reactive ketones (excluding diaryl/α,β-unsaturated/α-hetero) is 1.